The molecule has 0 heterocycles. The van der Waals surface area contributed by atoms with Crippen molar-refractivity contribution in [2.24, 2.45) is 11.7 Å². The molecule has 0 bridgehead atoms. The molecule has 1 saturated carbocycles. The molecule has 0 amide bonds. The van der Waals surface area contributed by atoms with Gasteiger partial charge in [0.25, 0.3) is 0 Å². The Morgan fingerprint density at radius 3 is 2.29 bits per heavy atom. The monoisotopic (exact) mass is 459 g/mol. The molecule has 2 aliphatic carbocycles. The van der Waals surface area contributed by atoms with Crippen LogP contribution in [0.1, 0.15) is 42.9 Å². The van der Waals surface area contributed by atoms with Crippen LogP contribution in [0.5, 0.6) is 0 Å². The van der Waals surface area contributed by atoms with Gasteiger partial charge in [-0.15, -0.1) is 0 Å². The molecule has 4 atom stereocenters. The highest BCUT2D eigenvalue weighted by Crippen LogP contribution is 2.57. The van der Waals surface area contributed by atoms with Gasteiger partial charge < -0.3 is 5.73 Å². The molecule has 2 N–H and O–H groups in total. The number of hydrogen-bond acceptors (Lipinski definition) is 3. The third-order valence-corrected chi connectivity index (χ3v) is 9.51. The van der Waals surface area contributed by atoms with Crippen LogP contribution in [-0.2, 0) is 26.7 Å². The first-order valence-corrected chi connectivity index (χ1v) is 11.5. The second-order valence-corrected chi connectivity index (χ2v) is 10.8. The SMILES string of the molecule is CC(F)(c1ccc2c(c1)CC[C@H]1[C@@H](N)CC[C@@]21S(=O)(=O)c1ccc(F)cc1)C(F)(F)F. The smallest absolute Gasteiger partial charge is 0.327 e. The number of benzene rings is 2. The fourth-order valence-electron chi connectivity index (χ4n) is 5.18. The van der Waals surface area contributed by atoms with E-state index in [2.05, 4.69) is 0 Å². The maximum atomic E-state index is 14.6. The molecule has 1 unspecified atom stereocenters. The first-order chi connectivity index (χ1) is 14.3. The minimum absolute atomic E-state index is 0.0736. The van der Waals surface area contributed by atoms with Gasteiger partial charge >= 0.3 is 6.18 Å². The molecule has 1 fully saturated rings. The third-order valence-electron chi connectivity index (χ3n) is 6.93. The molecule has 0 aromatic heterocycles. The molecule has 3 nitrogen and oxygen atoms in total. The first kappa shape index (κ1) is 22.2. The van der Waals surface area contributed by atoms with Crippen molar-refractivity contribution in [2.75, 3.05) is 0 Å². The Bertz CT molecular complexity index is 1110. The minimum atomic E-state index is -5.11. The number of hydrogen-bond donors (Lipinski definition) is 1. The third kappa shape index (κ3) is 3.11. The van der Waals surface area contributed by atoms with Crippen molar-refractivity contribution in [3.63, 3.8) is 0 Å². The molecule has 168 valence electrons. The van der Waals surface area contributed by atoms with E-state index in [-0.39, 0.29) is 11.3 Å². The zero-order chi connectivity index (χ0) is 22.8. The fraction of sp³-hybridized carbons (Fsp3) is 0.455. The average Bonchev–Trinajstić information content (AvgIpc) is 3.05. The van der Waals surface area contributed by atoms with E-state index >= 15 is 0 Å². The fourth-order valence-corrected chi connectivity index (χ4v) is 7.66. The first-order valence-electron chi connectivity index (χ1n) is 9.97. The van der Waals surface area contributed by atoms with Gasteiger partial charge in [0.15, 0.2) is 9.84 Å². The lowest BCUT2D eigenvalue weighted by Gasteiger charge is -2.42. The van der Waals surface area contributed by atoms with Crippen molar-refractivity contribution >= 4 is 9.84 Å². The van der Waals surface area contributed by atoms with Gasteiger partial charge in [0, 0.05) is 6.04 Å². The van der Waals surface area contributed by atoms with E-state index in [0.29, 0.717) is 37.3 Å². The average molecular weight is 459 g/mol. The van der Waals surface area contributed by atoms with Crippen LogP contribution in [0.25, 0.3) is 0 Å². The second-order valence-electron chi connectivity index (χ2n) is 8.57. The largest absolute Gasteiger partial charge is 0.426 e. The minimum Gasteiger partial charge on any atom is -0.327 e. The highest BCUT2D eigenvalue weighted by molar-refractivity contribution is 7.92. The standard InChI is InChI=1S/C22H22F5NO2S/c1-20(24,22(25,26)27)14-3-9-17-13(12-14)2-8-18-19(28)10-11-21(17,18)31(29,30)16-6-4-15(23)5-7-16/h3-7,9,12,18-19H,2,8,10-11,28H2,1H3/t18-,19-,20?,21+/m0/s1. The molecule has 0 radical (unpaired) electrons. The zero-order valence-electron chi connectivity index (χ0n) is 16.7. The van der Waals surface area contributed by atoms with Gasteiger partial charge in [0.2, 0.25) is 5.67 Å². The summed E-state index contributed by atoms with van der Waals surface area (Å²) in [7, 11) is -4.06. The van der Waals surface area contributed by atoms with E-state index < -0.39 is 49.8 Å². The number of alkyl halides is 4. The maximum Gasteiger partial charge on any atom is 0.426 e. The van der Waals surface area contributed by atoms with Crippen molar-refractivity contribution in [1.82, 2.24) is 0 Å². The Hall–Kier alpha value is -2.00. The van der Waals surface area contributed by atoms with Gasteiger partial charge in [0.1, 0.15) is 10.6 Å². The van der Waals surface area contributed by atoms with Crippen LogP contribution in [0.3, 0.4) is 0 Å². The van der Waals surface area contributed by atoms with Crippen LogP contribution < -0.4 is 5.73 Å². The van der Waals surface area contributed by atoms with Gasteiger partial charge in [-0.1, -0.05) is 18.2 Å². The van der Waals surface area contributed by atoms with E-state index in [4.69, 9.17) is 5.73 Å². The number of fused-ring (bicyclic) bond motifs is 3. The summed E-state index contributed by atoms with van der Waals surface area (Å²) < 4.78 is 93.8. The molecular weight excluding hydrogens is 437 g/mol. The quantitative estimate of drug-likeness (QED) is 0.523. The Balaban J connectivity index is 1.91. The van der Waals surface area contributed by atoms with Gasteiger partial charge in [-0.2, -0.15) is 13.2 Å². The van der Waals surface area contributed by atoms with Crippen LogP contribution in [0.2, 0.25) is 0 Å². The molecule has 0 saturated heterocycles. The lowest BCUT2D eigenvalue weighted by Crippen LogP contribution is -2.47. The van der Waals surface area contributed by atoms with E-state index in [1.54, 1.807) is 0 Å². The molecule has 31 heavy (non-hydrogen) atoms. The zero-order valence-corrected chi connectivity index (χ0v) is 17.5. The van der Waals surface area contributed by atoms with Crippen LogP contribution in [-0.4, -0.2) is 20.6 Å². The van der Waals surface area contributed by atoms with Gasteiger partial charge in [-0.05, 0) is 79.5 Å². The molecule has 9 heteroatoms. The predicted molar refractivity (Wildman–Crippen MR) is 105 cm³/mol. The van der Waals surface area contributed by atoms with E-state index in [1.807, 2.05) is 0 Å². The molecule has 2 aliphatic rings. The maximum absolute atomic E-state index is 14.6. The van der Waals surface area contributed by atoms with Crippen molar-refractivity contribution in [2.45, 2.75) is 60.1 Å². The topological polar surface area (TPSA) is 60.2 Å². The summed E-state index contributed by atoms with van der Waals surface area (Å²) in [5, 5.41) is 0. The summed E-state index contributed by atoms with van der Waals surface area (Å²) in [4.78, 5) is -0.0736. The van der Waals surface area contributed by atoms with Crippen LogP contribution in [0.4, 0.5) is 22.0 Å². The van der Waals surface area contributed by atoms with Gasteiger partial charge in [-0.3, -0.25) is 0 Å². The molecule has 2 aromatic carbocycles. The van der Waals surface area contributed by atoms with Gasteiger partial charge in [-0.25, -0.2) is 17.2 Å². The Kier molecular flexibility index (Phi) is 5.01. The number of halogens is 5. The summed E-state index contributed by atoms with van der Waals surface area (Å²) in [6.07, 6.45) is -3.83. The lowest BCUT2D eigenvalue weighted by molar-refractivity contribution is -0.228. The molecule has 0 spiro atoms. The Morgan fingerprint density at radius 2 is 1.68 bits per heavy atom. The van der Waals surface area contributed by atoms with Crippen LogP contribution in [0, 0.1) is 11.7 Å². The molecule has 2 aromatic rings. The van der Waals surface area contributed by atoms with Crippen molar-refractivity contribution in [1.29, 1.82) is 0 Å². The normalized spacial score (nSPS) is 28.0. The van der Waals surface area contributed by atoms with Crippen molar-refractivity contribution in [3.05, 3.63) is 65.0 Å². The van der Waals surface area contributed by atoms with E-state index in [0.717, 1.165) is 24.3 Å². The Morgan fingerprint density at radius 1 is 1.03 bits per heavy atom. The van der Waals surface area contributed by atoms with Crippen molar-refractivity contribution < 1.29 is 30.4 Å². The van der Waals surface area contributed by atoms with E-state index in [1.165, 1.54) is 18.2 Å². The summed E-state index contributed by atoms with van der Waals surface area (Å²) >= 11 is 0. The predicted octanol–water partition coefficient (Wildman–Crippen LogP) is 4.93. The highest BCUT2D eigenvalue weighted by atomic mass is 32.2. The van der Waals surface area contributed by atoms with Crippen LogP contribution in [0.15, 0.2) is 47.4 Å². The molecule has 4 rings (SSSR count). The summed E-state index contributed by atoms with van der Waals surface area (Å²) in [6.45, 7) is 0.455. The number of nitrogens with two attached hydrogens (primary N) is 1. The number of rotatable bonds is 3. The van der Waals surface area contributed by atoms with E-state index in [9.17, 15) is 30.4 Å². The molecular formula is C22H22F5NO2S. The van der Waals surface area contributed by atoms with Crippen molar-refractivity contribution in [3.8, 4) is 0 Å². The molecule has 0 aliphatic heterocycles. The summed E-state index contributed by atoms with van der Waals surface area (Å²) in [5.74, 6) is -1.03. The number of sulfone groups is 1. The Labute approximate surface area is 177 Å². The summed E-state index contributed by atoms with van der Waals surface area (Å²) in [6, 6.07) is 7.53. The number of aryl methyl sites for hydroxylation is 1. The summed E-state index contributed by atoms with van der Waals surface area (Å²) in [5.41, 5.74) is 2.87. The second kappa shape index (κ2) is 7.00. The highest BCUT2D eigenvalue weighted by Gasteiger charge is 2.60. The van der Waals surface area contributed by atoms with Crippen LogP contribution >= 0.6 is 0 Å². The van der Waals surface area contributed by atoms with Gasteiger partial charge in [0.05, 0.1) is 4.90 Å². The lowest BCUT2D eigenvalue weighted by atomic mass is 9.74.